The van der Waals surface area contributed by atoms with Crippen LogP contribution in [0, 0.1) is 0 Å². The van der Waals surface area contributed by atoms with E-state index in [9.17, 15) is 13.2 Å². The Labute approximate surface area is 144 Å². The Balaban J connectivity index is 0.00000264. The lowest BCUT2D eigenvalue weighted by Gasteiger charge is -2.11. The van der Waals surface area contributed by atoms with Crippen LogP contribution in [0.3, 0.4) is 0 Å². The van der Waals surface area contributed by atoms with Crippen LogP contribution in [0.15, 0.2) is 24.3 Å². The Kier molecular flexibility index (Phi) is 7.85. The van der Waals surface area contributed by atoms with Crippen LogP contribution in [0.4, 0.5) is 5.69 Å². The lowest BCUT2D eigenvalue weighted by atomic mass is 10.1. The second-order valence-corrected chi connectivity index (χ2v) is 8.27. The zero-order valence-electron chi connectivity index (χ0n) is 13.2. The van der Waals surface area contributed by atoms with Crippen molar-refractivity contribution in [3.8, 4) is 0 Å². The molecule has 2 rings (SSSR count). The molecule has 1 fully saturated rings. The van der Waals surface area contributed by atoms with Gasteiger partial charge in [-0.3, -0.25) is 4.79 Å². The van der Waals surface area contributed by atoms with E-state index in [4.69, 9.17) is 5.73 Å². The van der Waals surface area contributed by atoms with Crippen LogP contribution in [0.2, 0.25) is 0 Å². The highest BCUT2D eigenvalue weighted by molar-refractivity contribution is 7.92. The standard InChI is InChI=1S/C16H24N2O3S.ClH/c17-14-7-5-13(6-8-14)9-11-18-16(19)10-12-22(20,21)15-3-1-2-4-15;/h5-8,15H,1-4,9-12,17H2,(H,18,19);1H. The molecular weight excluding hydrogens is 336 g/mol. The molecule has 1 saturated carbocycles. The third-order valence-corrected chi connectivity index (χ3v) is 6.40. The highest BCUT2D eigenvalue weighted by Crippen LogP contribution is 2.25. The zero-order valence-corrected chi connectivity index (χ0v) is 14.8. The van der Waals surface area contributed by atoms with Gasteiger partial charge in [-0.25, -0.2) is 8.42 Å². The fourth-order valence-corrected chi connectivity index (χ4v) is 4.62. The van der Waals surface area contributed by atoms with Gasteiger partial charge in [0.15, 0.2) is 9.84 Å². The summed E-state index contributed by atoms with van der Waals surface area (Å²) in [4.78, 5) is 11.8. The van der Waals surface area contributed by atoms with Crippen LogP contribution in [0.25, 0.3) is 0 Å². The maximum Gasteiger partial charge on any atom is 0.221 e. The molecule has 1 aliphatic carbocycles. The first-order valence-electron chi connectivity index (χ1n) is 7.80. The van der Waals surface area contributed by atoms with Crippen molar-refractivity contribution < 1.29 is 13.2 Å². The second-order valence-electron chi connectivity index (χ2n) is 5.86. The number of carbonyl (C=O) groups is 1. The molecule has 1 amide bonds. The number of halogens is 1. The maximum absolute atomic E-state index is 12.1. The Morgan fingerprint density at radius 2 is 1.78 bits per heavy atom. The Bertz CT molecular complexity index is 596. The summed E-state index contributed by atoms with van der Waals surface area (Å²) in [5, 5.41) is 2.55. The molecule has 130 valence electrons. The van der Waals surface area contributed by atoms with Gasteiger partial charge in [-0.15, -0.1) is 12.4 Å². The van der Waals surface area contributed by atoms with Gasteiger partial charge in [0.05, 0.1) is 11.0 Å². The summed E-state index contributed by atoms with van der Waals surface area (Å²) in [6.07, 6.45) is 4.24. The number of sulfone groups is 1. The van der Waals surface area contributed by atoms with Gasteiger partial charge in [-0.1, -0.05) is 25.0 Å². The fraction of sp³-hybridized carbons (Fsp3) is 0.562. The summed E-state index contributed by atoms with van der Waals surface area (Å²) in [5.74, 6) is -0.234. The van der Waals surface area contributed by atoms with Crippen LogP contribution >= 0.6 is 12.4 Å². The molecule has 1 aliphatic rings. The Hall–Kier alpha value is -1.27. The van der Waals surface area contributed by atoms with Crippen molar-refractivity contribution in [3.63, 3.8) is 0 Å². The fourth-order valence-electron chi connectivity index (χ4n) is 2.77. The molecule has 0 heterocycles. The van der Waals surface area contributed by atoms with Crippen LogP contribution in [0.1, 0.15) is 37.7 Å². The summed E-state index contributed by atoms with van der Waals surface area (Å²) in [6, 6.07) is 7.49. The van der Waals surface area contributed by atoms with Crippen LogP contribution in [-0.4, -0.2) is 31.9 Å². The van der Waals surface area contributed by atoms with Crippen LogP contribution < -0.4 is 11.1 Å². The molecule has 0 bridgehead atoms. The number of rotatable bonds is 7. The Morgan fingerprint density at radius 3 is 2.39 bits per heavy atom. The number of carbonyl (C=O) groups excluding carboxylic acids is 1. The summed E-state index contributed by atoms with van der Waals surface area (Å²) >= 11 is 0. The summed E-state index contributed by atoms with van der Waals surface area (Å²) < 4.78 is 24.1. The van der Waals surface area contributed by atoms with E-state index in [0.717, 1.165) is 31.2 Å². The monoisotopic (exact) mass is 360 g/mol. The number of benzene rings is 1. The molecule has 1 aromatic rings. The van der Waals surface area contributed by atoms with Gasteiger partial charge in [0.25, 0.3) is 0 Å². The van der Waals surface area contributed by atoms with Gasteiger partial charge in [-0.05, 0) is 37.0 Å². The SMILES string of the molecule is Cl.Nc1ccc(CCNC(=O)CCS(=O)(=O)C2CCCC2)cc1. The van der Waals surface area contributed by atoms with Gasteiger partial charge < -0.3 is 11.1 Å². The molecule has 3 N–H and O–H groups in total. The minimum atomic E-state index is -3.11. The average molecular weight is 361 g/mol. The third-order valence-electron chi connectivity index (χ3n) is 4.14. The molecule has 0 saturated heterocycles. The quantitative estimate of drug-likeness (QED) is 0.728. The smallest absolute Gasteiger partial charge is 0.221 e. The van der Waals surface area contributed by atoms with Crippen LogP contribution in [-0.2, 0) is 21.1 Å². The van der Waals surface area contributed by atoms with Gasteiger partial charge in [0.1, 0.15) is 0 Å². The second kappa shape index (κ2) is 9.13. The van der Waals surface area contributed by atoms with Crippen molar-refractivity contribution >= 4 is 33.8 Å². The molecule has 0 atom stereocenters. The third kappa shape index (κ3) is 6.39. The van der Waals surface area contributed by atoms with E-state index < -0.39 is 9.84 Å². The summed E-state index contributed by atoms with van der Waals surface area (Å²) in [6.45, 7) is 0.506. The summed E-state index contributed by atoms with van der Waals surface area (Å²) in [5.41, 5.74) is 7.41. The van der Waals surface area contributed by atoms with E-state index >= 15 is 0 Å². The van der Waals surface area contributed by atoms with E-state index in [1.54, 1.807) is 0 Å². The molecule has 0 aromatic heterocycles. The van der Waals surface area contributed by atoms with Gasteiger partial charge in [-0.2, -0.15) is 0 Å². The highest BCUT2D eigenvalue weighted by Gasteiger charge is 2.28. The van der Waals surface area contributed by atoms with Crippen molar-refractivity contribution in [2.45, 2.75) is 43.8 Å². The average Bonchev–Trinajstić information content (AvgIpc) is 3.02. The lowest BCUT2D eigenvalue weighted by Crippen LogP contribution is -2.29. The molecule has 0 unspecified atom stereocenters. The predicted octanol–water partition coefficient (Wildman–Crippen LogP) is 2.10. The highest BCUT2D eigenvalue weighted by atomic mass is 35.5. The van der Waals surface area contributed by atoms with E-state index in [-0.39, 0.29) is 35.7 Å². The van der Waals surface area contributed by atoms with Gasteiger partial charge >= 0.3 is 0 Å². The maximum atomic E-state index is 12.1. The minimum absolute atomic E-state index is 0. The molecule has 23 heavy (non-hydrogen) atoms. The first-order valence-corrected chi connectivity index (χ1v) is 9.51. The topological polar surface area (TPSA) is 89.3 Å². The van der Waals surface area contributed by atoms with Gasteiger partial charge in [0, 0.05) is 18.7 Å². The number of hydrogen-bond donors (Lipinski definition) is 2. The van der Waals surface area contributed by atoms with E-state index in [0.29, 0.717) is 18.7 Å². The van der Waals surface area contributed by atoms with Crippen molar-refractivity contribution in [3.05, 3.63) is 29.8 Å². The normalized spacial score (nSPS) is 15.1. The molecule has 0 aliphatic heterocycles. The van der Waals surface area contributed by atoms with Crippen LogP contribution in [0.5, 0.6) is 0 Å². The predicted molar refractivity (Wildman–Crippen MR) is 95.5 cm³/mol. The van der Waals surface area contributed by atoms with Crippen molar-refractivity contribution in [2.75, 3.05) is 18.0 Å². The number of anilines is 1. The molecule has 0 radical (unpaired) electrons. The molecular formula is C16H25ClN2O3S. The number of amides is 1. The zero-order chi connectivity index (χ0) is 16.0. The largest absolute Gasteiger partial charge is 0.399 e. The molecule has 1 aromatic carbocycles. The number of hydrogen-bond acceptors (Lipinski definition) is 4. The molecule has 7 heteroatoms. The summed E-state index contributed by atoms with van der Waals surface area (Å²) in [7, 11) is -3.11. The first kappa shape index (κ1) is 19.8. The first-order chi connectivity index (χ1) is 10.5. The van der Waals surface area contributed by atoms with Crippen molar-refractivity contribution in [1.29, 1.82) is 0 Å². The number of nitrogen functional groups attached to an aromatic ring is 1. The number of nitrogens with one attached hydrogen (secondary N) is 1. The number of nitrogens with two attached hydrogens (primary N) is 1. The molecule has 5 nitrogen and oxygen atoms in total. The molecule has 0 spiro atoms. The van der Waals surface area contributed by atoms with Crippen molar-refractivity contribution in [1.82, 2.24) is 5.32 Å². The van der Waals surface area contributed by atoms with Crippen molar-refractivity contribution in [2.24, 2.45) is 0 Å². The van der Waals surface area contributed by atoms with Gasteiger partial charge in [0.2, 0.25) is 5.91 Å². The minimum Gasteiger partial charge on any atom is -0.399 e. The Morgan fingerprint density at radius 1 is 1.17 bits per heavy atom. The van der Waals surface area contributed by atoms with E-state index in [2.05, 4.69) is 5.32 Å². The van der Waals surface area contributed by atoms with E-state index in [1.807, 2.05) is 24.3 Å². The lowest BCUT2D eigenvalue weighted by molar-refractivity contribution is -0.120. The van der Waals surface area contributed by atoms with E-state index in [1.165, 1.54) is 0 Å².